The molecule has 0 fully saturated rings. The number of sulfonamides is 1. The van der Waals surface area contributed by atoms with Gasteiger partial charge < -0.3 is 36.6 Å². The van der Waals surface area contributed by atoms with Gasteiger partial charge in [-0.1, -0.05) is 61.9 Å². The molecule has 8 N–H and O–H groups in total. The minimum Gasteiger partial charge on any atom is -0.394 e. The summed E-state index contributed by atoms with van der Waals surface area (Å²) < 4.78 is 29.7. The van der Waals surface area contributed by atoms with E-state index in [0.29, 0.717) is 16.5 Å². The van der Waals surface area contributed by atoms with E-state index in [1.165, 1.54) is 19.1 Å². The van der Waals surface area contributed by atoms with Crippen LogP contribution in [-0.2, 0) is 40.4 Å². The quantitative estimate of drug-likeness (QED) is 0.0649. The zero-order valence-electron chi connectivity index (χ0n) is 31.8. The molecule has 0 saturated heterocycles. The first kappa shape index (κ1) is 44.8. The molecule has 0 saturated carbocycles. The fraction of sp³-hybridized carbons (Fsp3) is 0.541. The number of nitrogens with one attached hydrogen (secondary N) is 5. The lowest BCUT2D eigenvalue weighted by Gasteiger charge is -2.27. The first-order valence-electron chi connectivity index (χ1n) is 17.8. The summed E-state index contributed by atoms with van der Waals surface area (Å²) in [6.45, 7) is 7.01. The van der Waals surface area contributed by atoms with Gasteiger partial charge in [0.1, 0.15) is 30.2 Å². The number of benzene rings is 2. The number of aryl methyl sites for hydroxylation is 1. The van der Waals surface area contributed by atoms with Crippen LogP contribution in [0.4, 0.5) is 0 Å². The molecule has 0 aromatic heterocycles. The molecule has 2 aromatic rings. The number of carbonyl (C=O) groups is 5. The average Bonchev–Trinajstić information content (AvgIpc) is 3.07. The zero-order valence-corrected chi connectivity index (χ0v) is 32.7. The molecule has 53 heavy (non-hydrogen) atoms. The van der Waals surface area contributed by atoms with Crippen molar-refractivity contribution in [3.8, 4) is 0 Å². The summed E-state index contributed by atoms with van der Waals surface area (Å²) in [7, 11) is 1.96. The fourth-order valence-corrected chi connectivity index (χ4v) is 6.54. The maximum absolute atomic E-state index is 13.7. The van der Waals surface area contributed by atoms with E-state index in [-0.39, 0.29) is 30.1 Å². The second kappa shape index (κ2) is 20.8. The van der Waals surface area contributed by atoms with Crippen LogP contribution in [0.1, 0.15) is 57.6 Å². The highest BCUT2D eigenvalue weighted by atomic mass is 32.2. The van der Waals surface area contributed by atoms with Crippen LogP contribution in [0.3, 0.4) is 0 Å². The number of aliphatic hydroxyl groups excluding tert-OH is 1. The monoisotopic (exact) mass is 760 g/mol. The average molecular weight is 761 g/mol. The number of nitrogens with zero attached hydrogens (tertiary/aromatic N) is 1. The first-order chi connectivity index (χ1) is 24.7. The predicted octanol–water partition coefficient (Wildman–Crippen LogP) is 0.244. The molecule has 5 amide bonds. The van der Waals surface area contributed by atoms with Crippen LogP contribution in [0.25, 0.3) is 0 Å². The SMILES string of the molecule is Cc1ccc(S(=O)(=O)N[C@@H](Cc2ccccc2)C(=O)N[C@@H](C)C(=O)N[C@@H](CC(C)C)C(=O)N[C@@H](CCCC[N+](C)(C)C)C(=O)N[C@@H](CO)C(N)=O)cc1. The van der Waals surface area contributed by atoms with Crippen molar-refractivity contribution < 1.29 is 42.0 Å². The molecule has 5 atom stereocenters. The summed E-state index contributed by atoms with van der Waals surface area (Å²) in [6, 6.07) is 8.93. The molecule has 2 aromatic carbocycles. The van der Waals surface area contributed by atoms with Gasteiger partial charge in [0.15, 0.2) is 0 Å². The smallest absolute Gasteiger partial charge is 0.243 e. The predicted molar refractivity (Wildman–Crippen MR) is 201 cm³/mol. The van der Waals surface area contributed by atoms with Crippen LogP contribution in [0.15, 0.2) is 59.5 Å². The Morgan fingerprint density at radius 3 is 1.83 bits per heavy atom. The van der Waals surface area contributed by atoms with Crippen LogP contribution in [0, 0.1) is 12.8 Å². The number of carbonyl (C=O) groups excluding carboxylic acids is 5. The Bertz CT molecular complexity index is 1630. The van der Waals surface area contributed by atoms with Crippen molar-refractivity contribution in [2.45, 2.75) is 94.9 Å². The Kier molecular flexibility index (Phi) is 17.5. The molecule has 0 bridgehead atoms. The van der Waals surface area contributed by atoms with Gasteiger partial charge in [-0.15, -0.1) is 0 Å². The minimum atomic E-state index is -4.13. The highest BCUT2D eigenvalue weighted by molar-refractivity contribution is 7.89. The van der Waals surface area contributed by atoms with E-state index in [1.54, 1.807) is 42.5 Å². The largest absolute Gasteiger partial charge is 0.394 e. The van der Waals surface area contributed by atoms with E-state index < -0.39 is 76.4 Å². The second-order valence-corrected chi connectivity index (χ2v) is 16.5. The van der Waals surface area contributed by atoms with Crippen LogP contribution in [0.2, 0.25) is 0 Å². The molecular weight excluding hydrogens is 703 g/mol. The number of amides is 5. The second-order valence-electron chi connectivity index (χ2n) is 14.8. The third kappa shape index (κ3) is 16.0. The molecule has 0 aliphatic heterocycles. The highest BCUT2D eigenvalue weighted by Gasteiger charge is 2.32. The number of rotatable bonds is 22. The van der Waals surface area contributed by atoms with E-state index in [9.17, 15) is 37.5 Å². The number of unbranched alkanes of at least 4 members (excludes halogenated alkanes) is 1. The standard InChI is InChI=1S/C37H57N7O8S/c1-24(2)21-30(36(49)40-29(15-11-12-20-44(5,6)7)35(48)42-32(23-45)33(38)46)41-34(47)26(4)39-37(50)31(22-27-13-9-8-10-14-27)43-53(51,52)28-18-16-25(3)17-19-28/h8-10,13-14,16-19,24,26,29-32,43,45H,11-12,15,20-23H2,1-7H3,(H5-,38,39,40,41,42,46,47,48,49,50)/p+1/t26-,29-,30-,31-,32-/m0/s1. The number of nitrogens with two attached hydrogens (primary N) is 1. The number of hydrogen-bond acceptors (Lipinski definition) is 8. The molecule has 15 nitrogen and oxygen atoms in total. The van der Waals surface area contributed by atoms with Crippen LogP contribution in [0.5, 0.6) is 0 Å². The van der Waals surface area contributed by atoms with E-state index in [4.69, 9.17) is 5.73 Å². The van der Waals surface area contributed by atoms with Crippen molar-refractivity contribution in [2.24, 2.45) is 11.7 Å². The Labute approximate surface area is 313 Å². The summed E-state index contributed by atoms with van der Waals surface area (Å²) in [5.74, 6) is -3.86. The molecule has 0 unspecified atom stereocenters. The number of hydrogen-bond donors (Lipinski definition) is 7. The number of aliphatic hydroxyl groups is 1. The van der Waals surface area contributed by atoms with Gasteiger partial charge in [-0.2, -0.15) is 4.72 Å². The van der Waals surface area contributed by atoms with Gasteiger partial charge in [-0.25, -0.2) is 8.42 Å². The van der Waals surface area contributed by atoms with Crippen LogP contribution in [-0.4, -0.2) is 112 Å². The molecular formula is C37H58N7O8S+. The van der Waals surface area contributed by atoms with Gasteiger partial charge in [-0.05, 0) is 69.6 Å². The van der Waals surface area contributed by atoms with Gasteiger partial charge in [0.25, 0.3) is 0 Å². The van der Waals surface area contributed by atoms with Crippen molar-refractivity contribution in [1.82, 2.24) is 26.0 Å². The van der Waals surface area contributed by atoms with Gasteiger partial charge >= 0.3 is 0 Å². The summed E-state index contributed by atoms with van der Waals surface area (Å²) in [5.41, 5.74) is 6.83. The Morgan fingerprint density at radius 2 is 1.28 bits per heavy atom. The number of primary amides is 1. The summed E-state index contributed by atoms with van der Waals surface area (Å²) in [6.07, 6.45) is 1.68. The van der Waals surface area contributed by atoms with Crippen LogP contribution >= 0.6 is 0 Å². The Balaban J connectivity index is 2.24. The Morgan fingerprint density at radius 1 is 0.736 bits per heavy atom. The topological polar surface area (TPSA) is 226 Å². The summed E-state index contributed by atoms with van der Waals surface area (Å²) in [4.78, 5) is 65.6. The molecule has 0 heterocycles. The van der Waals surface area contributed by atoms with E-state index in [1.807, 2.05) is 41.9 Å². The maximum atomic E-state index is 13.7. The van der Waals surface area contributed by atoms with Crippen molar-refractivity contribution in [2.75, 3.05) is 34.3 Å². The third-order valence-electron chi connectivity index (χ3n) is 8.37. The van der Waals surface area contributed by atoms with Crippen molar-refractivity contribution in [3.05, 3.63) is 65.7 Å². The lowest BCUT2D eigenvalue weighted by atomic mass is 10.0. The lowest BCUT2D eigenvalue weighted by Crippen LogP contribution is -2.59. The summed E-state index contributed by atoms with van der Waals surface area (Å²) in [5, 5.41) is 19.8. The van der Waals surface area contributed by atoms with Crippen molar-refractivity contribution in [3.63, 3.8) is 0 Å². The number of quaternary nitrogens is 1. The molecule has 294 valence electrons. The summed E-state index contributed by atoms with van der Waals surface area (Å²) >= 11 is 0. The van der Waals surface area contributed by atoms with Gasteiger partial charge in [-0.3, -0.25) is 24.0 Å². The third-order valence-corrected chi connectivity index (χ3v) is 9.85. The Hall–Kier alpha value is -4.38. The van der Waals surface area contributed by atoms with E-state index in [0.717, 1.165) is 18.5 Å². The van der Waals surface area contributed by atoms with Gasteiger partial charge in [0.05, 0.1) is 39.2 Å². The van der Waals surface area contributed by atoms with E-state index >= 15 is 0 Å². The fourth-order valence-electron chi connectivity index (χ4n) is 5.34. The normalized spacial score (nSPS) is 14.7. The maximum Gasteiger partial charge on any atom is 0.243 e. The van der Waals surface area contributed by atoms with Crippen molar-refractivity contribution >= 4 is 39.6 Å². The molecule has 0 spiro atoms. The highest BCUT2D eigenvalue weighted by Crippen LogP contribution is 2.14. The first-order valence-corrected chi connectivity index (χ1v) is 19.3. The van der Waals surface area contributed by atoms with Gasteiger partial charge in [0.2, 0.25) is 39.6 Å². The minimum absolute atomic E-state index is 0.00437. The van der Waals surface area contributed by atoms with Crippen LogP contribution < -0.4 is 31.7 Å². The molecule has 0 radical (unpaired) electrons. The molecule has 16 heteroatoms. The molecule has 2 rings (SSSR count). The van der Waals surface area contributed by atoms with Gasteiger partial charge in [0, 0.05) is 0 Å². The zero-order chi connectivity index (χ0) is 39.9. The molecule has 0 aliphatic rings. The van der Waals surface area contributed by atoms with Crippen molar-refractivity contribution in [1.29, 1.82) is 0 Å². The lowest BCUT2D eigenvalue weighted by molar-refractivity contribution is -0.870. The molecule has 0 aliphatic carbocycles. The van der Waals surface area contributed by atoms with E-state index in [2.05, 4.69) is 26.0 Å².